The quantitative estimate of drug-likeness (QED) is 0.436. The predicted molar refractivity (Wildman–Crippen MR) is 119 cm³/mol. The SMILES string of the molecule is C.CC1CC2C(C)C(C)C(C)C(C3C(C)C(C)C(C)C4CC(C)CC43)C2C1. The molecular formula is C27H50. The van der Waals surface area contributed by atoms with Gasteiger partial charge in [-0.15, -0.1) is 0 Å². The van der Waals surface area contributed by atoms with Gasteiger partial charge in [0, 0.05) is 0 Å². The molecule has 27 heavy (non-hydrogen) atoms. The van der Waals surface area contributed by atoms with Gasteiger partial charge in [0.15, 0.2) is 0 Å². The Morgan fingerprint density at radius 1 is 0.370 bits per heavy atom. The molecule has 0 aromatic rings. The van der Waals surface area contributed by atoms with E-state index in [1.54, 1.807) is 0 Å². The van der Waals surface area contributed by atoms with Crippen LogP contribution in [0.15, 0.2) is 0 Å². The third kappa shape index (κ3) is 3.24. The second-order valence-electron chi connectivity index (χ2n) is 12.1. The lowest BCUT2D eigenvalue weighted by Gasteiger charge is -2.57. The molecule has 4 rings (SSSR count). The standard InChI is InChI=1S/C26H46.CH4/c1-13-9-21-17(5)15(3)19(7)25(23(21)11-13)26-20(8)16(4)18(6)22-10-14(2)12-24(22)26;/h13-26H,9-12H2,1-8H3;1H4. The van der Waals surface area contributed by atoms with Crippen molar-refractivity contribution in [2.45, 2.75) is 88.5 Å². The molecule has 0 aromatic heterocycles. The van der Waals surface area contributed by atoms with E-state index >= 15 is 0 Å². The summed E-state index contributed by atoms with van der Waals surface area (Å²) < 4.78 is 0. The van der Waals surface area contributed by atoms with Crippen molar-refractivity contribution in [1.82, 2.24) is 0 Å². The van der Waals surface area contributed by atoms with Gasteiger partial charge in [0.05, 0.1) is 0 Å². The topological polar surface area (TPSA) is 0 Å². The molecule has 4 aliphatic carbocycles. The summed E-state index contributed by atoms with van der Waals surface area (Å²) in [5.41, 5.74) is 0. The van der Waals surface area contributed by atoms with Crippen molar-refractivity contribution in [3.63, 3.8) is 0 Å². The van der Waals surface area contributed by atoms with Crippen molar-refractivity contribution in [2.75, 3.05) is 0 Å². The lowest BCUT2D eigenvalue weighted by molar-refractivity contribution is -0.0916. The summed E-state index contributed by atoms with van der Waals surface area (Å²) in [4.78, 5) is 0. The zero-order chi connectivity index (χ0) is 18.9. The Labute approximate surface area is 171 Å². The van der Waals surface area contributed by atoms with Gasteiger partial charge in [0.2, 0.25) is 0 Å². The Morgan fingerprint density at radius 2 is 0.667 bits per heavy atom. The molecule has 0 heteroatoms. The van der Waals surface area contributed by atoms with Gasteiger partial charge in [-0.2, -0.15) is 0 Å². The maximum atomic E-state index is 2.66. The van der Waals surface area contributed by atoms with Crippen LogP contribution in [0.4, 0.5) is 0 Å². The molecule has 158 valence electrons. The Morgan fingerprint density at radius 3 is 1.00 bits per heavy atom. The fourth-order valence-electron chi connectivity index (χ4n) is 9.33. The van der Waals surface area contributed by atoms with Crippen LogP contribution in [0, 0.1) is 82.9 Å². The molecule has 0 aromatic carbocycles. The Balaban J connectivity index is 0.00000210. The van der Waals surface area contributed by atoms with Gasteiger partial charge in [-0.3, -0.25) is 0 Å². The molecule has 0 saturated heterocycles. The molecule has 4 saturated carbocycles. The van der Waals surface area contributed by atoms with Crippen LogP contribution >= 0.6 is 0 Å². The molecule has 0 heterocycles. The number of rotatable bonds is 1. The maximum absolute atomic E-state index is 2.66. The largest absolute Gasteiger partial charge is 0.0776 e. The smallest absolute Gasteiger partial charge is 0.0321 e. The zero-order valence-electron chi connectivity index (χ0n) is 18.9. The van der Waals surface area contributed by atoms with Crippen molar-refractivity contribution in [1.29, 1.82) is 0 Å². The van der Waals surface area contributed by atoms with Crippen LogP contribution in [0.3, 0.4) is 0 Å². The van der Waals surface area contributed by atoms with Gasteiger partial charge >= 0.3 is 0 Å². The van der Waals surface area contributed by atoms with Gasteiger partial charge in [0.25, 0.3) is 0 Å². The molecular weight excluding hydrogens is 324 g/mol. The number of fused-ring (bicyclic) bond motifs is 2. The highest BCUT2D eigenvalue weighted by Gasteiger charge is 2.57. The van der Waals surface area contributed by atoms with Crippen LogP contribution < -0.4 is 0 Å². The monoisotopic (exact) mass is 374 g/mol. The van der Waals surface area contributed by atoms with Crippen molar-refractivity contribution in [2.24, 2.45) is 82.9 Å². The average Bonchev–Trinajstić information content (AvgIpc) is 3.16. The van der Waals surface area contributed by atoms with E-state index in [9.17, 15) is 0 Å². The van der Waals surface area contributed by atoms with E-state index in [2.05, 4.69) is 55.4 Å². The van der Waals surface area contributed by atoms with E-state index in [-0.39, 0.29) is 7.43 Å². The van der Waals surface area contributed by atoms with E-state index < -0.39 is 0 Å². The van der Waals surface area contributed by atoms with Crippen molar-refractivity contribution < 1.29 is 0 Å². The van der Waals surface area contributed by atoms with E-state index in [0.29, 0.717) is 0 Å². The van der Waals surface area contributed by atoms with Crippen LogP contribution in [-0.4, -0.2) is 0 Å². The molecule has 4 fully saturated rings. The van der Waals surface area contributed by atoms with E-state index in [1.165, 1.54) is 25.7 Å². The summed E-state index contributed by atoms with van der Waals surface area (Å²) in [6, 6.07) is 0. The molecule has 0 nitrogen and oxygen atoms in total. The predicted octanol–water partition coefficient (Wildman–Crippen LogP) is 8.02. The van der Waals surface area contributed by atoms with E-state index in [1.807, 2.05) is 0 Å². The second-order valence-corrected chi connectivity index (χ2v) is 12.1. The molecule has 14 atom stereocenters. The van der Waals surface area contributed by atoms with E-state index in [4.69, 9.17) is 0 Å². The first-order valence-electron chi connectivity index (χ1n) is 12.2. The highest BCUT2D eigenvalue weighted by molar-refractivity contribution is 5.06. The van der Waals surface area contributed by atoms with Gasteiger partial charge in [-0.25, -0.2) is 0 Å². The second kappa shape index (κ2) is 7.68. The molecule has 14 unspecified atom stereocenters. The molecule has 0 spiro atoms. The van der Waals surface area contributed by atoms with Crippen LogP contribution in [0.1, 0.15) is 88.5 Å². The Bertz CT molecular complexity index is 462. The lowest BCUT2D eigenvalue weighted by atomic mass is 9.48. The molecule has 0 bridgehead atoms. The fourth-order valence-corrected chi connectivity index (χ4v) is 9.33. The Hall–Kier alpha value is 0. The summed E-state index contributed by atoms with van der Waals surface area (Å²) in [6.45, 7) is 20.8. The number of hydrogen-bond donors (Lipinski definition) is 0. The van der Waals surface area contributed by atoms with Crippen LogP contribution in [0.5, 0.6) is 0 Å². The first-order valence-corrected chi connectivity index (χ1v) is 12.2. The van der Waals surface area contributed by atoms with Crippen LogP contribution in [-0.2, 0) is 0 Å². The normalized spacial score (nSPS) is 60.4. The molecule has 0 aliphatic heterocycles. The van der Waals surface area contributed by atoms with Gasteiger partial charge in [-0.05, 0) is 109 Å². The van der Waals surface area contributed by atoms with Gasteiger partial charge < -0.3 is 0 Å². The molecule has 0 N–H and O–H groups in total. The summed E-state index contributed by atoms with van der Waals surface area (Å²) >= 11 is 0. The minimum Gasteiger partial charge on any atom is -0.0776 e. The average molecular weight is 375 g/mol. The third-order valence-corrected chi connectivity index (χ3v) is 11.1. The lowest BCUT2D eigenvalue weighted by Crippen LogP contribution is -2.52. The third-order valence-electron chi connectivity index (χ3n) is 11.1. The van der Waals surface area contributed by atoms with Crippen LogP contribution in [0.2, 0.25) is 0 Å². The molecule has 4 aliphatic rings. The van der Waals surface area contributed by atoms with Crippen molar-refractivity contribution >= 4 is 0 Å². The summed E-state index contributed by atoms with van der Waals surface area (Å²) in [6.07, 6.45) is 6.13. The van der Waals surface area contributed by atoms with Crippen LogP contribution in [0.25, 0.3) is 0 Å². The van der Waals surface area contributed by atoms with Crippen molar-refractivity contribution in [3.05, 3.63) is 0 Å². The van der Waals surface area contributed by atoms with Crippen molar-refractivity contribution in [3.8, 4) is 0 Å². The van der Waals surface area contributed by atoms with Gasteiger partial charge in [-0.1, -0.05) is 62.8 Å². The summed E-state index contributed by atoms with van der Waals surface area (Å²) in [5.74, 6) is 13.7. The van der Waals surface area contributed by atoms with Gasteiger partial charge in [0.1, 0.15) is 0 Å². The fraction of sp³-hybridized carbons (Fsp3) is 1.00. The summed E-state index contributed by atoms with van der Waals surface area (Å²) in [5, 5.41) is 0. The van der Waals surface area contributed by atoms with E-state index in [0.717, 1.165) is 82.9 Å². The highest BCUT2D eigenvalue weighted by atomic mass is 14.6. The minimum atomic E-state index is 0. The number of hydrogen-bond acceptors (Lipinski definition) is 0. The zero-order valence-corrected chi connectivity index (χ0v) is 18.9. The highest BCUT2D eigenvalue weighted by Crippen LogP contribution is 2.63. The molecule has 0 amide bonds. The Kier molecular flexibility index (Phi) is 6.17. The summed E-state index contributed by atoms with van der Waals surface area (Å²) in [7, 11) is 0. The first kappa shape index (κ1) is 21.7. The molecule has 0 radical (unpaired) electrons. The maximum Gasteiger partial charge on any atom is -0.0321 e. The minimum absolute atomic E-state index is 0. The first-order chi connectivity index (χ1) is 12.2.